The Morgan fingerprint density at radius 2 is 1.68 bits per heavy atom. The Labute approximate surface area is 150 Å². The van der Waals surface area contributed by atoms with Crippen LogP contribution >= 0.6 is 11.6 Å². The average molecular weight is 351 g/mol. The van der Waals surface area contributed by atoms with Gasteiger partial charge in [0, 0.05) is 11.6 Å². The first-order chi connectivity index (χ1) is 12.1. The van der Waals surface area contributed by atoms with Crippen LogP contribution in [0.3, 0.4) is 0 Å². The molecule has 0 fully saturated rings. The lowest BCUT2D eigenvalue weighted by atomic mass is 10.1. The number of carbonyl (C=O) groups excluding carboxylic acids is 1. The third-order valence-electron chi connectivity index (χ3n) is 3.47. The molecule has 5 heteroatoms. The molecule has 0 amide bonds. The molecule has 1 aromatic heterocycles. The van der Waals surface area contributed by atoms with Crippen LogP contribution in [0.25, 0.3) is 6.08 Å². The fraction of sp³-hybridized carbons (Fsp3) is 0.0500. The van der Waals surface area contributed by atoms with Crippen molar-refractivity contribution in [2.24, 2.45) is 0 Å². The molecule has 0 aliphatic heterocycles. The van der Waals surface area contributed by atoms with Crippen LogP contribution in [-0.4, -0.2) is 16.0 Å². The van der Waals surface area contributed by atoms with Gasteiger partial charge in [-0.25, -0.2) is 0 Å². The lowest BCUT2D eigenvalue weighted by molar-refractivity contribution is 0.104. The summed E-state index contributed by atoms with van der Waals surface area (Å²) in [5.74, 6) is 0.830. The lowest BCUT2D eigenvalue weighted by Crippen LogP contribution is -1.95. The topological polar surface area (TPSA) is 52.1 Å². The summed E-state index contributed by atoms with van der Waals surface area (Å²) in [6, 6.07) is 18.0. The molecule has 0 aliphatic rings. The Bertz CT molecular complexity index is 886. The van der Waals surface area contributed by atoms with E-state index in [1.807, 2.05) is 31.2 Å². The van der Waals surface area contributed by atoms with Gasteiger partial charge in [0.2, 0.25) is 5.88 Å². The third-order valence-corrected chi connectivity index (χ3v) is 3.67. The van der Waals surface area contributed by atoms with Crippen LogP contribution in [0.1, 0.15) is 21.5 Å². The molecule has 3 aromatic rings. The first-order valence-electron chi connectivity index (χ1n) is 7.66. The van der Waals surface area contributed by atoms with Gasteiger partial charge >= 0.3 is 0 Å². The van der Waals surface area contributed by atoms with Crippen LogP contribution in [0, 0.1) is 6.92 Å². The van der Waals surface area contributed by atoms with E-state index >= 15 is 0 Å². The molecule has 0 radical (unpaired) electrons. The van der Waals surface area contributed by atoms with Gasteiger partial charge in [0.05, 0.1) is 0 Å². The highest BCUT2D eigenvalue weighted by Gasteiger charge is 2.04. The molecule has 0 unspecified atom stereocenters. The second-order valence-corrected chi connectivity index (χ2v) is 5.82. The highest BCUT2D eigenvalue weighted by atomic mass is 35.5. The Balaban J connectivity index is 1.65. The van der Waals surface area contributed by atoms with E-state index in [0.717, 1.165) is 5.56 Å². The largest absolute Gasteiger partial charge is 0.438 e. The van der Waals surface area contributed by atoms with Gasteiger partial charge in [0.1, 0.15) is 5.75 Å². The summed E-state index contributed by atoms with van der Waals surface area (Å²) in [6.07, 6.45) is 3.36. The van der Waals surface area contributed by atoms with Gasteiger partial charge in [-0.05, 0) is 48.9 Å². The first kappa shape index (κ1) is 16.9. The summed E-state index contributed by atoms with van der Waals surface area (Å²) < 4.78 is 5.55. The van der Waals surface area contributed by atoms with E-state index in [1.165, 1.54) is 5.56 Å². The van der Waals surface area contributed by atoms with Gasteiger partial charge in [0.25, 0.3) is 0 Å². The number of aryl methyl sites for hydroxylation is 1. The van der Waals surface area contributed by atoms with E-state index < -0.39 is 0 Å². The van der Waals surface area contributed by atoms with Crippen LogP contribution in [0.5, 0.6) is 11.6 Å². The van der Waals surface area contributed by atoms with E-state index in [-0.39, 0.29) is 5.78 Å². The number of hydrogen-bond acceptors (Lipinski definition) is 4. The molecule has 0 saturated heterocycles. The molecule has 0 saturated carbocycles. The van der Waals surface area contributed by atoms with Gasteiger partial charge in [-0.1, -0.05) is 47.5 Å². The number of hydrogen-bond donors (Lipinski definition) is 0. The van der Waals surface area contributed by atoms with Crippen molar-refractivity contribution >= 4 is 23.5 Å². The van der Waals surface area contributed by atoms with E-state index in [1.54, 1.807) is 48.6 Å². The number of rotatable bonds is 5. The highest BCUT2D eigenvalue weighted by Crippen LogP contribution is 2.20. The molecular weight excluding hydrogens is 336 g/mol. The summed E-state index contributed by atoms with van der Waals surface area (Å²) in [6.45, 7) is 2.03. The maximum absolute atomic E-state index is 12.2. The lowest BCUT2D eigenvalue weighted by Gasteiger charge is -2.04. The quantitative estimate of drug-likeness (QED) is 0.473. The summed E-state index contributed by atoms with van der Waals surface area (Å²) in [5.41, 5.74) is 2.75. The summed E-state index contributed by atoms with van der Waals surface area (Å²) >= 11 is 5.68. The average Bonchev–Trinajstić information content (AvgIpc) is 2.63. The Hall–Kier alpha value is -2.98. The van der Waals surface area contributed by atoms with Crippen molar-refractivity contribution in [2.75, 3.05) is 0 Å². The molecule has 25 heavy (non-hydrogen) atoms. The molecule has 124 valence electrons. The van der Waals surface area contributed by atoms with Crippen molar-refractivity contribution in [1.29, 1.82) is 0 Å². The minimum absolute atomic E-state index is 0.0709. The fourth-order valence-electron chi connectivity index (χ4n) is 2.11. The number of halogens is 1. The Kier molecular flexibility index (Phi) is 5.21. The van der Waals surface area contributed by atoms with Crippen molar-refractivity contribution < 1.29 is 9.53 Å². The molecular formula is C20H15ClN2O2. The van der Waals surface area contributed by atoms with Crippen molar-refractivity contribution in [2.45, 2.75) is 6.92 Å². The van der Waals surface area contributed by atoms with Crippen LogP contribution < -0.4 is 4.74 Å². The van der Waals surface area contributed by atoms with Crippen molar-refractivity contribution in [3.63, 3.8) is 0 Å². The molecule has 3 rings (SSSR count). The number of ether oxygens (including phenoxy) is 1. The molecule has 1 heterocycles. The zero-order valence-electron chi connectivity index (χ0n) is 13.5. The Morgan fingerprint density at radius 1 is 0.960 bits per heavy atom. The summed E-state index contributed by atoms with van der Waals surface area (Å²) in [5, 5.41) is 7.82. The smallest absolute Gasteiger partial charge is 0.238 e. The standard InChI is InChI=1S/C20H15ClN2O2/c1-14-2-4-15(5-3-14)6-11-18(24)16-7-9-17(10-8-16)25-20-13-12-19(21)22-23-20/h2-13H,1H3. The number of nitrogens with zero attached hydrogens (tertiary/aromatic N) is 2. The van der Waals surface area contributed by atoms with E-state index in [9.17, 15) is 4.79 Å². The van der Waals surface area contributed by atoms with Crippen LogP contribution in [0.2, 0.25) is 5.15 Å². The predicted octanol–water partition coefficient (Wildman–Crippen LogP) is 5.13. The maximum Gasteiger partial charge on any atom is 0.238 e. The predicted molar refractivity (Wildman–Crippen MR) is 98.1 cm³/mol. The Morgan fingerprint density at radius 3 is 2.32 bits per heavy atom. The molecule has 4 nitrogen and oxygen atoms in total. The fourth-order valence-corrected chi connectivity index (χ4v) is 2.21. The minimum atomic E-state index is -0.0709. The second kappa shape index (κ2) is 7.73. The zero-order chi connectivity index (χ0) is 17.6. The number of benzene rings is 2. The normalized spacial score (nSPS) is 10.8. The van der Waals surface area contributed by atoms with E-state index in [2.05, 4.69) is 10.2 Å². The molecule has 0 atom stereocenters. The van der Waals surface area contributed by atoms with Gasteiger partial charge in [-0.2, -0.15) is 0 Å². The number of carbonyl (C=O) groups is 1. The summed E-state index contributed by atoms with van der Waals surface area (Å²) in [4.78, 5) is 12.2. The van der Waals surface area contributed by atoms with Crippen LogP contribution in [0.4, 0.5) is 0 Å². The molecule has 0 aliphatic carbocycles. The van der Waals surface area contributed by atoms with Gasteiger partial charge < -0.3 is 4.74 Å². The maximum atomic E-state index is 12.2. The van der Waals surface area contributed by atoms with Crippen molar-refractivity contribution in [1.82, 2.24) is 10.2 Å². The van der Waals surface area contributed by atoms with Crippen molar-refractivity contribution in [3.05, 3.63) is 88.6 Å². The minimum Gasteiger partial charge on any atom is -0.438 e. The third kappa shape index (κ3) is 4.75. The van der Waals surface area contributed by atoms with E-state index in [4.69, 9.17) is 16.3 Å². The van der Waals surface area contributed by atoms with Gasteiger partial charge in [-0.15, -0.1) is 10.2 Å². The number of ketones is 1. The van der Waals surface area contributed by atoms with Gasteiger partial charge in [-0.3, -0.25) is 4.79 Å². The monoisotopic (exact) mass is 350 g/mol. The molecule has 0 N–H and O–H groups in total. The van der Waals surface area contributed by atoms with Gasteiger partial charge in [0.15, 0.2) is 10.9 Å². The van der Waals surface area contributed by atoms with Crippen LogP contribution in [0.15, 0.2) is 66.7 Å². The highest BCUT2D eigenvalue weighted by molar-refractivity contribution is 6.29. The number of allylic oxidation sites excluding steroid dienone is 1. The van der Waals surface area contributed by atoms with Crippen molar-refractivity contribution in [3.8, 4) is 11.6 Å². The first-order valence-corrected chi connectivity index (χ1v) is 8.04. The molecule has 2 aromatic carbocycles. The SMILES string of the molecule is Cc1ccc(C=CC(=O)c2ccc(Oc3ccc(Cl)nn3)cc2)cc1. The zero-order valence-corrected chi connectivity index (χ0v) is 14.3. The second-order valence-electron chi connectivity index (χ2n) is 5.43. The molecule has 0 bridgehead atoms. The van der Waals surface area contributed by atoms with Crippen LogP contribution in [-0.2, 0) is 0 Å². The number of aromatic nitrogens is 2. The molecule has 0 spiro atoms. The van der Waals surface area contributed by atoms with E-state index in [0.29, 0.717) is 22.3 Å². The summed E-state index contributed by atoms with van der Waals surface area (Å²) in [7, 11) is 0.